The number of nitrogens with zero attached hydrogens (tertiary/aromatic N) is 1. The molecule has 2 N–H and O–H groups in total. The molecule has 88 valence electrons. The number of halogens is 1. The van der Waals surface area contributed by atoms with E-state index in [1.54, 1.807) is 10.6 Å². The highest BCUT2D eigenvalue weighted by Crippen LogP contribution is 2.23. The van der Waals surface area contributed by atoms with Gasteiger partial charge in [0.2, 0.25) is 0 Å². The van der Waals surface area contributed by atoms with Gasteiger partial charge in [-0.15, -0.1) is 0 Å². The Kier molecular flexibility index (Phi) is 2.53. The van der Waals surface area contributed by atoms with E-state index >= 15 is 0 Å². The van der Waals surface area contributed by atoms with Crippen LogP contribution in [-0.4, -0.2) is 22.6 Å². The monoisotopic (exact) mass is 249 g/mol. The predicted octanol–water partition coefficient (Wildman–Crippen LogP) is 1.82. The van der Waals surface area contributed by atoms with E-state index < -0.39 is 0 Å². The molecule has 5 heteroatoms. The minimum absolute atomic E-state index is 0.124. The molecule has 0 saturated carbocycles. The van der Waals surface area contributed by atoms with Crippen molar-refractivity contribution in [1.29, 1.82) is 0 Å². The zero-order chi connectivity index (χ0) is 11.8. The zero-order valence-electron chi connectivity index (χ0n) is 9.16. The van der Waals surface area contributed by atoms with Crippen LogP contribution in [0.5, 0.6) is 0 Å². The van der Waals surface area contributed by atoms with E-state index in [1.807, 2.05) is 18.2 Å². The fraction of sp³-hybridized carbons (Fsp3) is 0.250. The van der Waals surface area contributed by atoms with Gasteiger partial charge in [-0.25, -0.2) is 4.79 Å². The number of rotatable bonds is 1. The first-order chi connectivity index (χ1) is 8.27. The van der Waals surface area contributed by atoms with Crippen molar-refractivity contribution in [2.24, 2.45) is 0 Å². The van der Waals surface area contributed by atoms with Crippen LogP contribution in [0, 0.1) is 0 Å². The van der Waals surface area contributed by atoms with E-state index in [0.29, 0.717) is 10.5 Å². The summed E-state index contributed by atoms with van der Waals surface area (Å²) >= 11 is 6.07. The highest BCUT2D eigenvalue weighted by Gasteiger charge is 2.13. The first kappa shape index (κ1) is 10.6. The number of H-pyrrole nitrogens is 1. The Morgan fingerprint density at radius 3 is 3.00 bits per heavy atom. The number of benzene rings is 1. The molecule has 1 aliphatic heterocycles. The average molecular weight is 250 g/mol. The average Bonchev–Trinajstić information content (AvgIpc) is 2.68. The van der Waals surface area contributed by atoms with E-state index in [0.717, 1.165) is 30.7 Å². The molecule has 1 aromatic heterocycles. The lowest BCUT2D eigenvalue weighted by Gasteiger charge is -2.14. The quantitative estimate of drug-likeness (QED) is 0.810. The summed E-state index contributed by atoms with van der Waals surface area (Å²) in [5, 5.41) is 3.80. The van der Waals surface area contributed by atoms with Gasteiger partial charge in [0.15, 0.2) is 0 Å². The third-order valence-electron chi connectivity index (χ3n) is 2.99. The number of hydrogen-bond acceptors (Lipinski definition) is 2. The van der Waals surface area contributed by atoms with E-state index in [4.69, 9.17) is 11.6 Å². The van der Waals surface area contributed by atoms with Gasteiger partial charge >= 0.3 is 5.69 Å². The minimum atomic E-state index is -0.124. The molecule has 0 bridgehead atoms. The second kappa shape index (κ2) is 4.05. The highest BCUT2D eigenvalue weighted by atomic mass is 35.5. The van der Waals surface area contributed by atoms with Crippen molar-refractivity contribution in [3.8, 4) is 0 Å². The third kappa shape index (κ3) is 1.69. The van der Waals surface area contributed by atoms with Gasteiger partial charge in [0.25, 0.3) is 0 Å². The van der Waals surface area contributed by atoms with Crippen LogP contribution in [0.2, 0.25) is 5.02 Å². The molecule has 0 saturated heterocycles. The van der Waals surface area contributed by atoms with E-state index in [1.165, 1.54) is 0 Å². The van der Waals surface area contributed by atoms with Crippen LogP contribution in [0.1, 0.15) is 6.42 Å². The summed E-state index contributed by atoms with van der Waals surface area (Å²) in [6.07, 6.45) is 2.89. The van der Waals surface area contributed by atoms with Crippen molar-refractivity contribution < 1.29 is 0 Å². The van der Waals surface area contributed by atoms with Crippen molar-refractivity contribution in [2.75, 3.05) is 13.1 Å². The maximum atomic E-state index is 12.0. The number of nitrogens with one attached hydrogen (secondary N) is 2. The summed E-state index contributed by atoms with van der Waals surface area (Å²) in [6.45, 7) is 1.69. The molecule has 0 amide bonds. The summed E-state index contributed by atoms with van der Waals surface area (Å²) in [7, 11) is 0. The molecule has 0 aliphatic carbocycles. The number of imidazole rings is 1. The second-order valence-corrected chi connectivity index (χ2v) is 4.46. The van der Waals surface area contributed by atoms with Gasteiger partial charge in [-0.3, -0.25) is 4.57 Å². The van der Waals surface area contributed by atoms with Gasteiger partial charge in [-0.2, -0.15) is 0 Å². The molecule has 1 aliphatic rings. The number of aromatic amines is 1. The van der Waals surface area contributed by atoms with Crippen LogP contribution >= 0.6 is 11.6 Å². The molecule has 0 atom stereocenters. The standard InChI is InChI=1S/C12H12ClN3O/c13-9-2-1-3-10-11(9)15-12(17)16(10)8-4-6-14-7-5-8/h1-4,14H,5-7H2,(H,15,17). The predicted molar refractivity (Wildman–Crippen MR) is 69.3 cm³/mol. The van der Waals surface area contributed by atoms with E-state index in [2.05, 4.69) is 10.3 Å². The smallest absolute Gasteiger partial charge is 0.313 e. The first-order valence-corrected chi connectivity index (χ1v) is 5.94. The Bertz CT molecular complexity index is 653. The van der Waals surface area contributed by atoms with Crippen molar-refractivity contribution in [1.82, 2.24) is 14.9 Å². The van der Waals surface area contributed by atoms with Crippen LogP contribution in [0.15, 0.2) is 29.1 Å². The third-order valence-corrected chi connectivity index (χ3v) is 3.31. The maximum absolute atomic E-state index is 12.0. The minimum Gasteiger partial charge on any atom is -0.313 e. The van der Waals surface area contributed by atoms with Crippen molar-refractivity contribution in [2.45, 2.75) is 6.42 Å². The fourth-order valence-electron chi connectivity index (χ4n) is 2.19. The summed E-state index contributed by atoms with van der Waals surface area (Å²) in [5.41, 5.74) is 2.46. The molecule has 0 unspecified atom stereocenters. The van der Waals surface area contributed by atoms with Crippen LogP contribution in [-0.2, 0) is 0 Å². The normalized spacial score (nSPS) is 16.2. The van der Waals surface area contributed by atoms with Crippen LogP contribution in [0.25, 0.3) is 16.7 Å². The molecule has 0 fully saturated rings. The molecule has 0 spiro atoms. The van der Waals surface area contributed by atoms with Gasteiger partial charge < -0.3 is 10.3 Å². The van der Waals surface area contributed by atoms with Crippen molar-refractivity contribution in [3.05, 3.63) is 39.8 Å². The van der Waals surface area contributed by atoms with Crippen LogP contribution < -0.4 is 11.0 Å². The van der Waals surface area contributed by atoms with Crippen molar-refractivity contribution in [3.63, 3.8) is 0 Å². The Balaban J connectivity index is 2.29. The molecule has 3 rings (SSSR count). The summed E-state index contributed by atoms with van der Waals surface area (Å²) in [5.74, 6) is 0. The van der Waals surface area contributed by atoms with Gasteiger partial charge in [0.1, 0.15) is 0 Å². The molecule has 2 aromatic rings. The topological polar surface area (TPSA) is 49.8 Å². The molecular weight excluding hydrogens is 238 g/mol. The van der Waals surface area contributed by atoms with E-state index in [9.17, 15) is 4.79 Å². The van der Waals surface area contributed by atoms with Gasteiger partial charge in [0, 0.05) is 25.2 Å². The maximum Gasteiger partial charge on any atom is 0.330 e. The Morgan fingerprint density at radius 1 is 1.35 bits per heavy atom. The molecule has 2 heterocycles. The number of aromatic nitrogens is 2. The second-order valence-electron chi connectivity index (χ2n) is 4.05. The van der Waals surface area contributed by atoms with Crippen LogP contribution in [0.3, 0.4) is 0 Å². The molecule has 1 aromatic carbocycles. The highest BCUT2D eigenvalue weighted by molar-refractivity contribution is 6.34. The summed E-state index contributed by atoms with van der Waals surface area (Å²) < 4.78 is 1.71. The first-order valence-electron chi connectivity index (χ1n) is 5.57. The van der Waals surface area contributed by atoms with Gasteiger partial charge in [-0.1, -0.05) is 23.7 Å². The lowest BCUT2D eigenvalue weighted by molar-refractivity contribution is 0.716. The molecular formula is C12H12ClN3O. The molecule has 0 radical (unpaired) electrons. The zero-order valence-corrected chi connectivity index (χ0v) is 9.92. The number of fused-ring (bicyclic) bond motifs is 1. The Morgan fingerprint density at radius 2 is 2.24 bits per heavy atom. The van der Waals surface area contributed by atoms with E-state index in [-0.39, 0.29) is 5.69 Å². The lowest BCUT2D eigenvalue weighted by atomic mass is 10.2. The summed E-state index contributed by atoms with van der Waals surface area (Å²) in [6, 6.07) is 5.54. The van der Waals surface area contributed by atoms with Crippen molar-refractivity contribution >= 4 is 28.3 Å². The van der Waals surface area contributed by atoms with Gasteiger partial charge in [-0.05, 0) is 12.1 Å². The number of para-hydroxylation sites is 1. The Hall–Kier alpha value is -1.52. The molecule has 17 heavy (non-hydrogen) atoms. The molecule has 4 nitrogen and oxygen atoms in total. The van der Waals surface area contributed by atoms with Crippen LogP contribution in [0.4, 0.5) is 0 Å². The number of hydrogen-bond donors (Lipinski definition) is 2. The Labute approximate surface area is 103 Å². The summed E-state index contributed by atoms with van der Waals surface area (Å²) in [4.78, 5) is 14.8. The fourth-order valence-corrected chi connectivity index (χ4v) is 2.41. The lowest BCUT2D eigenvalue weighted by Crippen LogP contribution is -2.25. The largest absolute Gasteiger partial charge is 0.330 e. The van der Waals surface area contributed by atoms with Gasteiger partial charge in [0.05, 0.1) is 16.1 Å². The SMILES string of the molecule is O=c1[nH]c2c(Cl)cccc2n1C1=CCNCC1.